The lowest BCUT2D eigenvalue weighted by atomic mass is 9.85. The number of likely N-dealkylation sites (N-methyl/N-ethyl adjacent to an activating group) is 1. The van der Waals surface area contributed by atoms with E-state index in [1.54, 1.807) is 4.90 Å². The third-order valence-corrected chi connectivity index (χ3v) is 7.62. The Morgan fingerprint density at radius 2 is 1.60 bits per heavy atom. The molecule has 0 saturated carbocycles. The van der Waals surface area contributed by atoms with Gasteiger partial charge in [-0.25, -0.2) is 4.79 Å². The maximum absolute atomic E-state index is 13.9. The Morgan fingerprint density at radius 3 is 2.17 bits per heavy atom. The van der Waals surface area contributed by atoms with Crippen LogP contribution in [0.4, 0.5) is 4.79 Å². The standard InChI is InChI=1S/C32H46N4O4/c1-24(34(5)6)29(37)33-28(32(2,3)4)30(38)36-20-13-18-27(36)22-35(21-19-25-14-9-7-10-15-25)31(39)40-23-26-16-11-8-12-17-26/h7-12,14-17,24,27-28H,13,18-23H2,1-6H3,(H,33,37)/t24-,27-,28+/m0/s1. The molecular weight excluding hydrogens is 504 g/mol. The number of nitrogens with one attached hydrogen (secondary N) is 1. The van der Waals surface area contributed by atoms with Gasteiger partial charge in [-0.2, -0.15) is 0 Å². The predicted molar refractivity (Wildman–Crippen MR) is 158 cm³/mol. The summed E-state index contributed by atoms with van der Waals surface area (Å²) >= 11 is 0. The average Bonchev–Trinajstić information content (AvgIpc) is 3.40. The van der Waals surface area contributed by atoms with Gasteiger partial charge in [0.05, 0.1) is 6.04 Å². The Bertz CT molecular complexity index is 1100. The van der Waals surface area contributed by atoms with Gasteiger partial charge in [0.1, 0.15) is 12.6 Å². The summed E-state index contributed by atoms with van der Waals surface area (Å²) in [7, 11) is 3.69. The number of rotatable bonds is 11. The number of amides is 3. The summed E-state index contributed by atoms with van der Waals surface area (Å²) in [6.45, 7) is 9.37. The molecule has 0 aromatic heterocycles. The van der Waals surface area contributed by atoms with Crippen LogP contribution in [-0.4, -0.2) is 84.5 Å². The zero-order valence-corrected chi connectivity index (χ0v) is 24.9. The highest BCUT2D eigenvalue weighted by molar-refractivity contribution is 5.90. The first-order valence-electron chi connectivity index (χ1n) is 14.2. The smallest absolute Gasteiger partial charge is 0.410 e. The summed E-state index contributed by atoms with van der Waals surface area (Å²) in [5, 5.41) is 3.02. The van der Waals surface area contributed by atoms with E-state index < -0.39 is 11.5 Å². The molecular formula is C32H46N4O4. The lowest BCUT2D eigenvalue weighted by Gasteiger charge is -2.37. The van der Waals surface area contributed by atoms with Gasteiger partial charge in [-0.05, 0) is 56.8 Å². The van der Waals surface area contributed by atoms with Crippen molar-refractivity contribution in [3.05, 3.63) is 71.8 Å². The Kier molecular flexibility index (Phi) is 11.1. The quantitative estimate of drug-likeness (QED) is 0.450. The lowest BCUT2D eigenvalue weighted by molar-refractivity contribution is -0.141. The lowest BCUT2D eigenvalue weighted by Crippen LogP contribution is -2.59. The first-order chi connectivity index (χ1) is 19.0. The zero-order valence-electron chi connectivity index (χ0n) is 24.9. The third kappa shape index (κ3) is 8.81. The van der Waals surface area contributed by atoms with E-state index in [1.165, 1.54) is 0 Å². The van der Waals surface area contributed by atoms with Crippen molar-refractivity contribution in [1.29, 1.82) is 0 Å². The molecule has 0 radical (unpaired) electrons. The second kappa shape index (κ2) is 14.3. The van der Waals surface area contributed by atoms with E-state index in [-0.39, 0.29) is 36.6 Å². The second-order valence-corrected chi connectivity index (χ2v) is 12.0. The van der Waals surface area contributed by atoms with Gasteiger partial charge in [0, 0.05) is 25.7 Å². The molecule has 1 aliphatic rings. The van der Waals surface area contributed by atoms with Gasteiger partial charge in [-0.1, -0.05) is 81.4 Å². The van der Waals surface area contributed by atoms with Crippen LogP contribution in [0.3, 0.4) is 0 Å². The van der Waals surface area contributed by atoms with Crippen LogP contribution >= 0.6 is 0 Å². The number of carbonyl (C=O) groups is 3. The SMILES string of the molecule is C[C@@H](C(=O)N[C@H](C(=O)N1CCC[C@H]1CN(CCc1ccccc1)C(=O)OCc1ccccc1)C(C)(C)C)N(C)C. The maximum Gasteiger partial charge on any atom is 0.410 e. The summed E-state index contributed by atoms with van der Waals surface area (Å²) in [6, 6.07) is 18.5. The van der Waals surface area contributed by atoms with Crippen molar-refractivity contribution in [1.82, 2.24) is 20.0 Å². The van der Waals surface area contributed by atoms with Crippen LogP contribution in [-0.2, 0) is 27.4 Å². The number of likely N-dealkylation sites (tertiary alicyclic amines) is 1. The Balaban J connectivity index is 1.75. The Morgan fingerprint density at radius 1 is 1.00 bits per heavy atom. The Labute approximate surface area is 239 Å². The van der Waals surface area contributed by atoms with Crippen molar-refractivity contribution >= 4 is 17.9 Å². The van der Waals surface area contributed by atoms with Crippen LogP contribution in [0, 0.1) is 5.41 Å². The van der Waals surface area contributed by atoms with E-state index in [4.69, 9.17) is 4.74 Å². The molecule has 0 unspecified atom stereocenters. The summed E-state index contributed by atoms with van der Waals surface area (Å²) in [5.41, 5.74) is 1.58. The van der Waals surface area contributed by atoms with Crippen LogP contribution in [0.5, 0.6) is 0 Å². The molecule has 1 aliphatic heterocycles. The number of ether oxygens (including phenoxy) is 1. The van der Waals surface area contributed by atoms with Crippen molar-refractivity contribution in [2.45, 2.75) is 71.7 Å². The van der Waals surface area contributed by atoms with Crippen LogP contribution in [0.15, 0.2) is 60.7 Å². The highest BCUT2D eigenvalue weighted by Crippen LogP contribution is 2.27. The van der Waals surface area contributed by atoms with E-state index in [0.717, 1.165) is 24.0 Å². The highest BCUT2D eigenvalue weighted by Gasteiger charge is 2.41. The number of nitrogens with zero attached hydrogens (tertiary/aromatic N) is 3. The number of benzene rings is 2. The first-order valence-corrected chi connectivity index (χ1v) is 14.2. The van der Waals surface area contributed by atoms with Gasteiger partial charge in [0.2, 0.25) is 11.8 Å². The molecule has 3 rings (SSSR count). The molecule has 3 amide bonds. The van der Waals surface area contributed by atoms with Crippen molar-refractivity contribution in [3.63, 3.8) is 0 Å². The largest absolute Gasteiger partial charge is 0.445 e. The summed E-state index contributed by atoms with van der Waals surface area (Å²) in [6.07, 6.45) is 1.93. The zero-order chi connectivity index (χ0) is 29.3. The highest BCUT2D eigenvalue weighted by atomic mass is 16.6. The van der Waals surface area contributed by atoms with E-state index in [2.05, 4.69) is 5.32 Å². The van der Waals surface area contributed by atoms with Crippen molar-refractivity contribution in [3.8, 4) is 0 Å². The van der Waals surface area contributed by atoms with Crippen molar-refractivity contribution in [2.24, 2.45) is 5.41 Å². The molecule has 40 heavy (non-hydrogen) atoms. The number of hydrogen-bond donors (Lipinski definition) is 1. The molecule has 218 valence electrons. The van der Waals surface area contributed by atoms with E-state index in [1.807, 2.05) is 112 Å². The minimum Gasteiger partial charge on any atom is -0.445 e. The van der Waals surface area contributed by atoms with E-state index in [9.17, 15) is 14.4 Å². The summed E-state index contributed by atoms with van der Waals surface area (Å²) in [4.78, 5) is 45.6. The number of carbonyl (C=O) groups excluding carboxylic acids is 3. The van der Waals surface area contributed by atoms with Gasteiger partial charge < -0.3 is 19.9 Å². The molecule has 3 atom stereocenters. The molecule has 1 N–H and O–H groups in total. The fraction of sp³-hybridized carbons (Fsp3) is 0.531. The molecule has 2 aromatic rings. The van der Waals surface area contributed by atoms with Gasteiger partial charge in [-0.3, -0.25) is 14.5 Å². The van der Waals surface area contributed by atoms with Gasteiger partial charge in [0.15, 0.2) is 0 Å². The third-order valence-electron chi connectivity index (χ3n) is 7.62. The van der Waals surface area contributed by atoms with Crippen molar-refractivity contribution in [2.75, 3.05) is 33.7 Å². The fourth-order valence-corrected chi connectivity index (χ4v) is 4.86. The second-order valence-electron chi connectivity index (χ2n) is 12.0. The normalized spacial score (nSPS) is 16.9. The summed E-state index contributed by atoms with van der Waals surface area (Å²) < 4.78 is 5.71. The average molecular weight is 551 g/mol. The van der Waals surface area contributed by atoms with Crippen LogP contribution in [0.25, 0.3) is 0 Å². The van der Waals surface area contributed by atoms with Gasteiger partial charge in [0.25, 0.3) is 0 Å². The van der Waals surface area contributed by atoms with Gasteiger partial charge in [-0.15, -0.1) is 0 Å². The molecule has 8 nitrogen and oxygen atoms in total. The molecule has 1 heterocycles. The van der Waals surface area contributed by atoms with Crippen LogP contribution in [0.1, 0.15) is 51.7 Å². The van der Waals surface area contributed by atoms with Gasteiger partial charge >= 0.3 is 6.09 Å². The summed E-state index contributed by atoms with van der Waals surface area (Å²) in [5.74, 6) is -0.280. The minimum absolute atomic E-state index is 0.102. The first kappa shape index (κ1) is 31.1. The minimum atomic E-state index is -0.675. The topological polar surface area (TPSA) is 82.2 Å². The van der Waals surface area contributed by atoms with Crippen LogP contribution < -0.4 is 5.32 Å². The maximum atomic E-state index is 13.9. The fourth-order valence-electron chi connectivity index (χ4n) is 4.86. The van der Waals surface area contributed by atoms with E-state index in [0.29, 0.717) is 26.1 Å². The molecule has 0 aliphatic carbocycles. The Hall–Kier alpha value is -3.39. The molecule has 0 spiro atoms. The predicted octanol–water partition coefficient (Wildman–Crippen LogP) is 4.34. The van der Waals surface area contributed by atoms with Crippen molar-refractivity contribution < 1.29 is 19.1 Å². The molecule has 0 bridgehead atoms. The van der Waals surface area contributed by atoms with Crippen LogP contribution in [0.2, 0.25) is 0 Å². The molecule has 1 saturated heterocycles. The molecule has 1 fully saturated rings. The monoisotopic (exact) mass is 550 g/mol. The molecule has 2 aromatic carbocycles. The number of hydrogen-bond acceptors (Lipinski definition) is 5. The van der Waals surface area contributed by atoms with E-state index >= 15 is 0 Å². The molecule has 8 heteroatoms.